The summed E-state index contributed by atoms with van der Waals surface area (Å²) in [4.78, 5) is 25.3. The van der Waals surface area contributed by atoms with Gasteiger partial charge in [0, 0.05) is 43.4 Å². The normalized spacial score (nSPS) is 15.2. The van der Waals surface area contributed by atoms with Gasteiger partial charge in [-0.15, -0.1) is 11.3 Å². The monoisotopic (exact) mass is 377 g/mol. The molecule has 2 aromatic heterocycles. The fourth-order valence-corrected chi connectivity index (χ4v) is 3.85. The first-order valence-electron chi connectivity index (χ1n) is 8.28. The number of halogens is 2. The summed E-state index contributed by atoms with van der Waals surface area (Å²) >= 11 is 1.63. The highest BCUT2D eigenvalue weighted by molar-refractivity contribution is 7.13. The van der Waals surface area contributed by atoms with Crippen LogP contribution in [0.1, 0.15) is 0 Å². The molecular weight excluding hydrogens is 360 g/mol. The molecule has 0 bridgehead atoms. The Morgan fingerprint density at radius 2 is 1.88 bits per heavy atom. The van der Waals surface area contributed by atoms with E-state index in [1.165, 1.54) is 6.33 Å². The summed E-state index contributed by atoms with van der Waals surface area (Å²) in [6, 6.07) is 5.38. The molecule has 1 aliphatic rings. The Labute approximate surface area is 152 Å². The number of nitrogens with zero attached hydrogens (tertiary/aromatic N) is 5. The average molecular weight is 377 g/mol. The van der Waals surface area contributed by atoms with Crippen molar-refractivity contribution < 1.29 is 8.78 Å². The molecular formula is C17H17F2N5OS. The molecule has 0 amide bonds. The summed E-state index contributed by atoms with van der Waals surface area (Å²) in [7, 11) is 0. The van der Waals surface area contributed by atoms with Crippen molar-refractivity contribution in [2.24, 2.45) is 0 Å². The predicted octanol–water partition coefficient (Wildman–Crippen LogP) is 2.44. The minimum absolute atomic E-state index is 0.360. The van der Waals surface area contributed by atoms with Crippen LogP contribution in [-0.4, -0.2) is 47.1 Å². The van der Waals surface area contributed by atoms with Gasteiger partial charge in [-0.05, 0) is 18.2 Å². The molecule has 0 radical (unpaired) electrons. The van der Waals surface area contributed by atoms with Crippen LogP contribution >= 0.6 is 11.3 Å². The molecule has 3 aromatic rings. The average Bonchev–Trinajstić information content (AvgIpc) is 3.18. The van der Waals surface area contributed by atoms with Crippen LogP contribution in [0.5, 0.6) is 0 Å². The second-order valence-corrected chi connectivity index (χ2v) is 6.96. The molecule has 1 fully saturated rings. The molecule has 1 saturated heterocycles. The molecule has 0 N–H and O–H groups in total. The summed E-state index contributed by atoms with van der Waals surface area (Å²) in [5, 5.41) is 3.36. The molecule has 1 aliphatic heterocycles. The number of fused-ring (bicyclic) bond motifs is 1. The number of hydrogen-bond donors (Lipinski definition) is 0. The number of aromatic nitrogens is 3. The van der Waals surface area contributed by atoms with E-state index in [9.17, 15) is 13.6 Å². The van der Waals surface area contributed by atoms with Crippen molar-refractivity contribution >= 4 is 33.1 Å². The first-order chi connectivity index (χ1) is 12.6. The third kappa shape index (κ3) is 3.26. The van der Waals surface area contributed by atoms with E-state index in [2.05, 4.69) is 19.8 Å². The Kier molecular flexibility index (Phi) is 4.54. The van der Waals surface area contributed by atoms with Crippen LogP contribution in [0.25, 0.3) is 10.9 Å². The minimum Gasteiger partial charge on any atom is -0.368 e. The summed E-state index contributed by atoms with van der Waals surface area (Å²) in [5.41, 5.74) is 1.07. The highest BCUT2D eigenvalue weighted by Crippen LogP contribution is 2.23. The zero-order valence-corrected chi connectivity index (χ0v) is 14.7. The number of anilines is 2. The van der Waals surface area contributed by atoms with Crippen molar-refractivity contribution in [3.8, 4) is 0 Å². The third-order valence-corrected chi connectivity index (χ3v) is 5.31. The number of hydrogen-bond acceptors (Lipinski definition) is 6. The van der Waals surface area contributed by atoms with Gasteiger partial charge in [0.2, 0.25) is 0 Å². The van der Waals surface area contributed by atoms with E-state index in [4.69, 9.17) is 0 Å². The number of alkyl halides is 2. The maximum absolute atomic E-state index is 12.5. The Morgan fingerprint density at radius 1 is 1.12 bits per heavy atom. The lowest BCUT2D eigenvalue weighted by Crippen LogP contribution is -2.46. The predicted molar refractivity (Wildman–Crippen MR) is 98.5 cm³/mol. The number of benzene rings is 1. The summed E-state index contributed by atoms with van der Waals surface area (Å²) in [6.45, 7) is 2.78. The van der Waals surface area contributed by atoms with E-state index in [0.717, 1.165) is 41.6 Å². The Balaban J connectivity index is 1.54. The van der Waals surface area contributed by atoms with Crippen LogP contribution in [-0.2, 0) is 6.54 Å². The van der Waals surface area contributed by atoms with Gasteiger partial charge in [0.25, 0.3) is 12.0 Å². The number of thiazole rings is 1. The van der Waals surface area contributed by atoms with Crippen molar-refractivity contribution in [3.63, 3.8) is 0 Å². The third-order valence-electron chi connectivity index (χ3n) is 4.48. The first kappa shape index (κ1) is 16.9. The van der Waals surface area contributed by atoms with Gasteiger partial charge in [-0.2, -0.15) is 0 Å². The lowest BCUT2D eigenvalue weighted by Gasteiger charge is -2.36. The van der Waals surface area contributed by atoms with Gasteiger partial charge < -0.3 is 9.80 Å². The molecule has 0 aliphatic carbocycles. The van der Waals surface area contributed by atoms with Crippen LogP contribution in [0.15, 0.2) is 40.9 Å². The highest BCUT2D eigenvalue weighted by atomic mass is 32.1. The SMILES string of the molecule is O=c1c2ccc(N3CCN(c4nccs4)CC3)cc2ncn1CC(F)F. The number of piperazine rings is 1. The molecule has 26 heavy (non-hydrogen) atoms. The molecule has 1 aromatic carbocycles. The van der Waals surface area contributed by atoms with Gasteiger partial charge in [-0.3, -0.25) is 9.36 Å². The molecule has 9 heteroatoms. The van der Waals surface area contributed by atoms with Gasteiger partial charge in [-0.25, -0.2) is 18.7 Å². The van der Waals surface area contributed by atoms with Crippen molar-refractivity contribution in [1.29, 1.82) is 0 Å². The molecule has 0 atom stereocenters. The van der Waals surface area contributed by atoms with Gasteiger partial charge >= 0.3 is 0 Å². The molecule has 4 rings (SSSR count). The summed E-state index contributed by atoms with van der Waals surface area (Å²) in [5.74, 6) is 0. The molecule has 136 valence electrons. The highest BCUT2D eigenvalue weighted by Gasteiger charge is 2.19. The van der Waals surface area contributed by atoms with Gasteiger partial charge in [0.15, 0.2) is 5.13 Å². The van der Waals surface area contributed by atoms with E-state index in [1.54, 1.807) is 17.4 Å². The topological polar surface area (TPSA) is 54.3 Å². The molecule has 6 nitrogen and oxygen atoms in total. The van der Waals surface area contributed by atoms with Gasteiger partial charge in [-0.1, -0.05) is 0 Å². The Bertz CT molecular complexity index is 951. The smallest absolute Gasteiger partial charge is 0.261 e. The van der Waals surface area contributed by atoms with Gasteiger partial charge in [0.05, 0.1) is 23.8 Å². The Morgan fingerprint density at radius 3 is 2.58 bits per heavy atom. The number of rotatable bonds is 4. The molecule has 0 spiro atoms. The van der Waals surface area contributed by atoms with Crippen molar-refractivity contribution in [2.75, 3.05) is 36.0 Å². The van der Waals surface area contributed by atoms with Crippen LogP contribution < -0.4 is 15.4 Å². The van der Waals surface area contributed by atoms with E-state index in [0.29, 0.717) is 10.9 Å². The van der Waals surface area contributed by atoms with E-state index in [1.807, 2.05) is 23.7 Å². The Hall–Kier alpha value is -2.55. The molecule has 3 heterocycles. The quantitative estimate of drug-likeness (QED) is 0.699. The van der Waals surface area contributed by atoms with E-state index < -0.39 is 18.5 Å². The lowest BCUT2D eigenvalue weighted by atomic mass is 10.2. The largest absolute Gasteiger partial charge is 0.368 e. The second-order valence-electron chi connectivity index (χ2n) is 6.08. The minimum atomic E-state index is -2.58. The molecule has 0 saturated carbocycles. The van der Waals surface area contributed by atoms with Crippen molar-refractivity contribution in [2.45, 2.75) is 13.0 Å². The molecule has 0 unspecified atom stereocenters. The maximum Gasteiger partial charge on any atom is 0.261 e. The fraction of sp³-hybridized carbons (Fsp3) is 0.353. The van der Waals surface area contributed by atoms with Gasteiger partial charge in [0.1, 0.15) is 0 Å². The first-order valence-corrected chi connectivity index (χ1v) is 9.16. The van der Waals surface area contributed by atoms with Crippen molar-refractivity contribution in [1.82, 2.24) is 14.5 Å². The maximum atomic E-state index is 12.5. The standard InChI is InChI=1S/C17H17F2N5OS/c18-15(19)10-24-11-21-14-9-12(1-2-13(14)16(24)25)22-4-6-23(7-5-22)17-20-3-8-26-17/h1-3,8-9,11,15H,4-7,10H2. The van der Waals surface area contributed by atoms with E-state index >= 15 is 0 Å². The van der Waals surface area contributed by atoms with Crippen LogP contribution in [0.3, 0.4) is 0 Å². The van der Waals surface area contributed by atoms with Crippen LogP contribution in [0.4, 0.5) is 19.6 Å². The second kappa shape index (κ2) is 6.99. The summed E-state index contributed by atoms with van der Waals surface area (Å²) in [6.07, 6.45) is 0.420. The van der Waals surface area contributed by atoms with Crippen LogP contribution in [0, 0.1) is 0 Å². The zero-order valence-electron chi connectivity index (χ0n) is 13.9. The zero-order chi connectivity index (χ0) is 18.1. The van der Waals surface area contributed by atoms with Crippen molar-refractivity contribution in [3.05, 3.63) is 46.5 Å². The fourth-order valence-electron chi connectivity index (χ4n) is 3.15. The lowest BCUT2D eigenvalue weighted by molar-refractivity contribution is 0.125. The van der Waals surface area contributed by atoms with E-state index in [-0.39, 0.29) is 0 Å². The summed E-state index contributed by atoms with van der Waals surface area (Å²) < 4.78 is 26.0. The van der Waals surface area contributed by atoms with Crippen LogP contribution in [0.2, 0.25) is 0 Å².